The topological polar surface area (TPSA) is 94.9 Å². The number of aliphatic hydroxyl groups excluding tert-OH is 2. The zero-order valence-corrected chi connectivity index (χ0v) is 6.38. The number of nitrogens with one attached hydrogen (secondary N) is 1. The van der Waals surface area contributed by atoms with Crippen molar-refractivity contribution in [2.75, 3.05) is 0 Å². The minimum atomic E-state index is -0.748. The van der Waals surface area contributed by atoms with Crippen LogP contribution in [0.3, 0.4) is 0 Å². The summed E-state index contributed by atoms with van der Waals surface area (Å²) in [5.41, 5.74) is 0. The van der Waals surface area contributed by atoms with Crippen LogP contribution in [0.5, 0.6) is 0 Å². The van der Waals surface area contributed by atoms with E-state index in [0.29, 0.717) is 18.7 Å². The molecule has 1 saturated carbocycles. The van der Waals surface area contributed by atoms with Gasteiger partial charge in [0.15, 0.2) is 5.82 Å². The van der Waals surface area contributed by atoms with Gasteiger partial charge >= 0.3 is 0 Å². The van der Waals surface area contributed by atoms with Crippen LogP contribution in [-0.4, -0.2) is 43.0 Å². The van der Waals surface area contributed by atoms with Gasteiger partial charge in [-0.3, -0.25) is 0 Å². The predicted octanol–water partition coefficient (Wildman–Crippen LogP) is -1.20. The fraction of sp³-hybridized carbons (Fsp3) is 0.833. The Bertz CT molecular complexity index is 250. The molecule has 2 rings (SSSR count). The van der Waals surface area contributed by atoms with Gasteiger partial charge in [-0.2, -0.15) is 5.21 Å². The minimum Gasteiger partial charge on any atom is -0.390 e. The third kappa shape index (κ3) is 1.09. The van der Waals surface area contributed by atoms with Crippen LogP contribution in [0.1, 0.15) is 24.6 Å². The number of rotatable bonds is 1. The fourth-order valence-corrected chi connectivity index (χ4v) is 1.57. The van der Waals surface area contributed by atoms with Crippen LogP contribution in [-0.2, 0) is 0 Å². The monoisotopic (exact) mass is 170 g/mol. The van der Waals surface area contributed by atoms with Gasteiger partial charge in [0.2, 0.25) is 0 Å². The molecule has 66 valence electrons. The molecular weight excluding hydrogens is 160 g/mol. The molecule has 1 heterocycles. The lowest BCUT2D eigenvalue weighted by Crippen LogP contribution is -2.24. The summed E-state index contributed by atoms with van der Waals surface area (Å²) in [6, 6.07) is 0. The molecule has 1 fully saturated rings. The average molecular weight is 170 g/mol. The summed E-state index contributed by atoms with van der Waals surface area (Å²) >= 11 is 0. The van der Waals surface area contributed by atoms with E-state index in [1.54, 1.807) is 0 Å². The maximum Gasteiger partial charge on any atom is 0.180 e. The lowest BCUT2D eigenvalue weighted by Gasteiger charge is -2.11. The Morgan fingerprint density at radius 2 is 2.17 bits per heavy atom. The number of hydrogen-bond donors (Lipinski definition) is 3. The Hall–Kier alpha value is -1.01. The number of nitrogens with zero attached hydrogens (tertiary/aromatic N) is 3. The van der Waals surface area contributed by atoms with E-state index < -0.39 is 12.2 Å². The highest BCUT2D eigenvalue weighted by Crippen LogP contribution is 2.32. The second-order valence-corrected chi connectivity index (χ2v) is 3.01. The molecule has 0 saturated heterocycles. The number of H-pyrrole nitrogens is 1. The van der Waals surface area contributed by atoms with E-state index in [9.17, 15) is 10.2 Å². The number of aromatic nitrogens is 4. The Labute approximate surface area is 68.6 Å². The summed E-state index contributed by atoms with van der Waals surface area (Å²) in [5, 5.41) is 31.9. The van der Waals surface area contributed by atoms with E-state index in [4.69, 9.17) is 0 Å². The third-order valence-electron chi connectivity index (χ3n) is 2.27. The minimum absolute atomic E-state index is 0.168. The average Bonchev–Trinajstić information content (AvgIpc) is 2.64. The highest BCUT2D eigenvalue weighted by atomic mass is 16.3. The molecule has 1 aromatic heterocycles. The van der Waals surface area contributed by atoms with Gasteiger partial charge in [-0.25, -0.2) is 0 Å². The van der Waals surface area contributed by atoms with Gasteiger partial charge < -0.3 is 10.2 Å². The van der Waals surface area contributed by atoms with Crippen LogP contribution in [0.2, 0.25) is 0 Å². The van der Waals surface area contributed by atoms with E-state index in [0.717, 1.165) is 0 Å². The molecule has 1 aliphatic rings. The van der Waals surface area contributed by atoms with Crippen molar-refractivity contribution >= 4 is 0 Å². The Balaban J connectivity index is 2.16. The van der Waals surface area contributed by atoms with Gasteiger partial charge in [-0.05, 0) is 12.8 Å². The van der Waals surface area contributed by atoms with Crippen LogP contribution >= 0.6 is 0 Å². The van der Waals surface area contributed by atoms with E-state index in [2.05, 4.69) is 20.6 Å². The molecule has 0 radical (unpaired) electrons. The van der Waals surface area contributed by atoms with Crippen molar-refractivity contribution in [3.63, 3.8) is 0 Å². The summed E-state index contributed by atoms with van der Waals surface area (Å²) in [4.78, 5) is 0. The van der Waals surface area contributed by atoms with Gasteiger partial charge in [0.1, 0.15) is 0 Å². The van der Waals surface area contributed by atoms with E-state index in [1.165, 1.54) is 0 Å². The van der Waals surface area contributed by atoms with Crippen molar-refractivity contribution in [1.29, 1.82) is 0 Å². The molecule has 0 amide bonds. The van der Waals surface area contributed by atoms with Crippen molar-refractivity contribution in [2.45, 2.75) is 31.0 Å². The van der Waals surface area contributed by atoms with Gasteiger partial charge in [-0.15, -0.1) is 10.2 Å². The normalized spacial score (nSPS) is 35.7. The first kappa shape index (κ1) is 7.63. The first-order valence-electron chi connectivity index (χ1n) is 3.88. The van der Waals surface area contributed by atoms with Crippen molar-refractivity contribution in [1.82, 2.24) is 20.6 Å². The van der Waals surface area contributed by atoms with Crippen LogP contribution in [0.15, 0.2) is 0 Å². The quantitative estimate of drug-likeness (QED) is 0.492. The molecule has 1 aromatic rings. The Morgan fingerprint density at radius 1 is 1.33 bits per heavy atom. The number of hydrogen-bond acceptors (Lipinski definition) is 5. The first-order chi connectivity index (χ1) is 5.79. The number of aromatic amines is 1. The van der Waals surface area contributed by atoms with E-state index in [-0.39, 0.29) is 5.92 Å². The van der Waals surface area contributed by atoms with Crippen LogP contribution in [0.4, 0.5) is 0 Å². The standard InChI is InChI=1S/C6H10N4O2/c11-4-2-1-3(5(4)12)6-7-9-10-8-6/h3-5,11-12H,1-2H2,(H,7,8,9,10). The highest BCUT2D eigenvalue weighted by molar-refractivity contribution is 5.02. The van der Waals surface area contributed by atoms with E-state index >= 15 is 0 Å². The summed E-state index contributed by atoms with van der Waals surface area (Å²) in [5.74, 6) is 0.317. The maximum absolute atomic E-state index is 9.46. The molecule has 0 spiro atoms. The SMILES string of the molecule is OC1CCC(c2nn[nH]n2)C1O. The Morgan fingerprint density at radius 3 is 2.67 bits per heavy atom. The second-order valence-electron chi connectivity index (χ2n) is 3.01. The molecule has 0 bridgehead atoms. The lowest BCUT2D eigenvalue weighted by atomic mass is 10.1. The van der Waals surface area contributed by atoms with Crippen molar-refractivity contribution in [2.24, 2.45) is 0 Å². The summed E-state index contributed by atoms with van der Waals surface area (Å²) in [6.45, 7) is 0. The summed E-state index contributed by atoms with van der Waals surface area (Å²) < 4.78 is 0. The zero-order chi connectivity index (χ0) is 8.55. The predicted molar refractivity (Wildman–Crippen MR) is 38.2 cm³/mol. The molecule has 6 heteroatoms. The third-order valence-corrected chi connectivity index (χ3v) is 2.27. The first-order valence-corrected chi connectivity index (χ1v) is 3.88. The molecule has 12 heavy (non-hydrogen) atoms. The molecular formula is C6H10N4O2. The Kier molecular flexibility index (Phi) is 1.78. The maximum atomic E-state index is 9.46. The molecule has 0 aliphatic heterocycles. The summed E-state index contributed by atoms with van der Waals surface area (Å²) in [6.07, 6.45) is -0.0847. The van der Waals surface area contributed by atoms with Crippen molar-refractivity contribution < 1.29 is 10.2 Å². The molecule has 3 N–H and O–H groups in total. The molecule has 3 unspecified atom stereocenters. The van der Waals surface area contributed by atoms with Crippen LogP contribution < -0.4 is 0 Å². The van der Waals surface area contributed by atoms with Crippen LogP contribution in [0.25, 0.3) is 0 Å². The smallest absolute Gasteiger partial charge is 0.180 e. The van der Waals surface area contributed by atoms with Gasteiger partial charge in [0.25, 0.3) is 0 Å². The number of aliphatic hydroxyl groups is 2. The van der Waals surface area contributed by atoms with E-state index in [1.807, 2.05) is 0 Å². The lowest BCUT2D eigenvalue weighted by molar-refractivity contribution is 0.0340. The molecule has 0 aromatic carbocycles. The fourth-order valence-electron chi connectivity index (χ4n) is 1.57. The highest BCUT2D eigenvalue weighted by Gasteiger charge is 2.36. The molecule has 6 nitrogen and oxygen atoms in total. The summed E-state index contributed by atoms with van der Waals surface area (Å²) in [7, 11) is 0. The van der Waals surface area contributed by atoms with Crippen LogP contribution in [0, 0.1) is 0 Å². The second kappa shape index (κ2) is 2.80. The van der Waals surface area contributed by atoms with Gasteiger partial charge in [0.05, 0.1) is 18.1 Å². The molecule has 3 atom stereocenters. The zero-order valence-electron chi connectivity index (χ0n) is 6.38. The van der Waals surface area contributed by atoms with Crippen molar-refractivity contribution in [3.05, 3.63) is 5.82 Å². The largest absolute Gasteiger partial charge is 0.390 e. The van der Waals surface area contributed by atoms with Gasteiger partial charge in [-0.1, -0.05) is 5.21 Å². The van der Waals surface area contributed by atoms with Crippen molar-refractivity contribution in [3.8, 4) is 0 Å². The molecule has 1 aliphatic carbocycles. The number of tetrazole rings is 1. The van der Waals surface area contributed by atoms with Gasteiger partial charge in [0, 0.05) is 0 Å².